The third-order valence-electron chi connectivity index (χ3n) is 6.79. The van der Waals surface area contributed by atoms with E-state index < -0.39 is 0 Å². The van der Waals surface area contributed by atoms with Crippen LogP contribution in [0, 0.1) is 10.4 Å². The lowest BCUT2D eigenvalue weighted by atomic mass is 9.86. The van der Waals surface area contributed by atoms with Gasteiger partial charge in [-0.2, -0.15) is 0 Å². The highest BCUT2D eigenvalue weighted by Gasteiger charge is 2.25. The Bertz CT molecular complexity index is 1320. The molecule has 36 heavy (non-hydrogen) atoms. The highest BCUT2D eigenvalue weighted by molar-refractivity contribution is 6.30. The topological polar surface area (TPSA) is 29.1 Å². The molecule has 3 aromatic rings. The van der Waals surface area contributed by atoms with Crippen LogP contribution in [0.15, 0.2) is 103 Å². The number of halogens is 2. The van der Waals surface area contributed by atoms with Gasteiger partial charge in [0.15, 0.2) is 0 Å². The molecular formula is C32H31Cl2NO. The summed E-state index contributed by atoms with van der Waals surface area (Å²) in [5, 5.41) is 7.55. The van der Waals surface area contributed by atoms with Gasteiger partial charge in [0.25, 0.3) is 0 Å². The van der Waals surface area contributed by atoms with Crippen LogP contribution in [-0.4, -0.2) is 11.9 Å². The number of amides is 1. The molecule has 0 aliphatic heterocycles. The number of carbonyl (C=O) groups is 1. The number of hydrogen-bond acceptors (Lipinski definition) is 1. The summed E-state index contributed by atoms with van der Waals surface area (Å²) in [5.41, 5.74) is 3.37. The van der Waals surface area contributed by atoms with E-state index in [0.29, 0.717) is 5.02 Å². The molecule has 1 N–H and O–H groups in total. The number of nitrogens with one attached hydrogen (secondary N) is 1. The highest BCUT2D eigenvalue weighted by Crippen LogP contribution is 2.28. The van der Waals surface area contributed by atoms with Crippen molar-refractivity contribution < 1.29 is 4.79 Å². The monoisotopic (exact) mass is 515 g/mol. The summed E-state index contributed by atoms with van der Waals surface area (Å²) in [4.78, 5) is 13.1. The molecule has 0 spiro atoms. The minimum atomic E-state index is -0.157. The van der Waals surface area contributed by atoms with Crippen LogP contribution in [0.3, 0.4) is 0 Å². The van der Waals surface area contributed by atoms with Crippen molar-refractivity contribution in [1.82, 2.24) is 5.32 Å². The van der Waals surface area contributed by atoms with Crippen molar-refractivity contribution in [3.8, 4) is 0 Å². The summed E-state index contributed by atoms with van der Waals surface area (Å²) in [6.07, 6.45) is 1.55. The van der Waals surface area contributed by atoms with Gasteiger partial charge in [0, 0.05) is 22.0 Å². The first kappa shape index (κ1) is 26.0. The Hall–Kier alpha value is -3.07. The molecule has 0 heterocycles. The average molecular weight is 517 g/mol. The molecule has 184 valence electrons. The SMILES string of the molecule is CCC(C(=O)NC(C)C(Cc1ccc(Cl)cc1)c1ccc(Cl)cc1)c1ccccc1.c1cc2ccc1=2. The molecule has 0 saturated carbocycles. The zero-order chi connectivity index (χ0) is 25.5. The quantitative estimate of drug-likeness (QED) is 0.221. The maximum Gasteiger partial charge on any atom is 0.227 e. The molecule has 2 aliphatic carbocycles. The lowest BCUT2D eigenvalue weighted by Gasteiger charge is -2.28. The van der Waals surface area contributed by atoms with Crippen LogP contribution >= 0.6 is 23.2 Å². The van der Waals surface area contributed by atoms with Crippen molar-refractivity contribution in [2.24, 2.45) is 0 Å². The molecule has 4 heteroatoms. The first-order chi connectivity index (χ1) is 17.4. The van der Waals surface area contributed by atoms with Gasteiger partial charge >= 0.3 is 0 Å². The predicted octanol–water partition coefficient (Wildman–Crippen LogP) is 8.31. The summed E-state index contributed by atoms with van der Waals surface area (Å²) in [6, 6.07) is 34.2. The number of benzene rings is 4. The van der Waals surface area contributed by atoms with Crippen LogP contribution in [-0.2, 0) is 11.2 Å². The second-order valence-corrected chi connectivity index (χ2v) is 10.1. The van der Waals surface area contributed by atoms with E-state index in [0.717, 1.165) is 29.0 Å². The van der Waals surface area contributed by atoms with Gasteiger partial charge in [-0.1, -0.05) is 109 Å². The lowest BCUT2D eigenvalue weighted by molar-refractivity contribution is -0.123. The molecule has 3 unspecified atom stereocenters. The maximum atomic E-state index is 13.1. The van der Waals surface area contributed by atoms with Gasteiger partial charge in [-0.25, -0.2) is 0 Å². The van der Waals surface area contributed by atoms with Gasteiger partial charge < -0.3 is 5.32 Å². The number of hydrogen-bond donors (Lipinski definition) is 1. The zero-order valence-electron chi connectivity index (χ0n) is 20.6. The van der Waals surface area contributed by atoms with E-state index in [-0.39, 0.29) is 23.8 Å². The Kier molecular flexibility index (Phi) is 8.85. The van der Waals surface area contributed by atoms with E-state index in [4.69, 9.17) is 23.2 Å². The molecule has 3 atom stereocenters. The smallest absolute Gasteiger partial charge is 0.227 e. The zero-order valence-corrected chi connectivity index (χ0v) is 22.1. The number of carbonyl (C=O) groups excluding carboxylic acids is 1. The Labute approximate surface area is 223 Å². The van der Waals surface area contributed by atoms with E-state index in [9.17, 15) is 4.79 Å². The van der Waals surface area contributed by atoms with Crippen molar-refractivity contribution in [1.29, 1.82) is 0 Å². The third kappa shape index (κ3) is 6.57. The van der Waals surface area contributed by atoms with E-state index in [2.05, 4.69) is 36.5 Å². The van der Waals surface area contributed by atoms with Gasteiger partial charge in [-0.15, -0.1) is 0 Å². The van der Waals surface area contributed by atoms with Gasteiger partial charge in [0.1, 0.15) is 0 Å². The first-order valence-electron chi connectivity index (χ1n) is 12.4. The molecule has 0 radical (unpaired) electrons. The Balaban J connectivity index is 0.000000434. The molecule has 2 nitrogen and oxygen atoms in total. The number of rotatable bonds is 8. The molecule has 0 aromatic heterocycles. The summed E-state index contributed by atoms with van der Waals surface area (Å²) in [6.45, 7) is 4.12. The largest absolute Gasteiger partial charge is 0.352 e. The Morgan fingerprint density at radius 1 is 0.722 bits per heavy atom. The maximum absolute atomic E-state index is 13.1. The molecule has 0 saturated heterocycles. The van der Waals surface area contributed by atoms with Crippen molar-refractivity contribution in [3.63, 3.8) is 0 Å². The fourth-order valence-electron chi connectivity index (χ4n) is 4.51. The van der Waals surface area contributed by atoms with Crippen LogP contribution in [0.2, 0.25) is 10.0 Å². The van der Waals surface area contributed by atoms with Crippen molar-refractivity contribution >= 4 is 29.1 Å². The third-order valence-corrected chi connectivity index (χ3v) is 7.29. The first-order valence-corrected chi connectivity index (χ1v) is 13.2. The fraction of sp³-hybridized carbons (Fsp3) is 0.219. The average Bonchev–Trinajstić information content (AvgIpc) is 2.88. The highest BCUT2D eigenvalue weighted by atomic mass is 35.5. The summed E-state index contributed by atoms with van der Waals surface area (Å²) in [5.74, 6) is 0.0157. The summed E-state index contributed by atoms with van der Waals surface area (Å²) in [7, 11) is 0. The Morgan fingerprint density at radius 2 is 1.25 bits per heavy atom. The normalized spacial score (nSPS) is 13.6. The van der Waals surface area contributed by atoms with E-state index in [1.807, 2.05) is 85.8 Å². The molecule has 0 bridgehead atoms. The van der Waals surface area contributed by atoms with Crippen molar-refractivity contribution in [2.75, 3.05) is 0 Å². The van der Waals surface area contributed by atoms with Gasteiger partial charge in [0.2, 0.25) is 5.91 Å². The van der Waals surface area contributed by atoms with Crippen LogP contribution < -0.4 is 5.32 Å². The minimum Gasteiger partial charge on any atom is -0.352 e. The molecular weight excluding hydrogens is 485 g/mol. The lowest BCUT2D eigenvalue weighted by Crippen LogP contribution is -2.40. The summed E-state index contributed by atoms with van der Waals surface area (Å²) >= 11 is 12.2. The van der Waals surface area contributed by atoms with E-state index in [1.54, 1.807) is 0 Å². The van der Waals surface area contributed by atoms with Gasteiger partial charge in [-0.05, 0) is 71.2 Å². The summed E-state index contributed by atoms with van der Waals surface area (Å²) < 4.78 is 0. The van der Waals surface area contributed by atoms with E-state index in [1.165, 1.54) is 16.0 Å². The molecule has 2 aliphatic rings. The molecule has 5 rings (SSSR count). The predicted molar refractivity (Wildman–Crippen MR) is 151 cm³/mol. The standard InChI is InChI=1S/C26H27Cl2NO.C6H4/c1-3-24(20-7-5-4-6-8-20)26(30)29-18(2)25(21-11-15-23(28)16-12-21)17-19-9-13-22(27)14-10-19;1-2-6-4-3-5(1)6/h4-16,18,24-25H,3,17H2,1-2H3,(H,29,30);1-4H. The van der Waals surface area contributed by atoms with Crippen LogP contribution in [0.5, 0.6) is 0 Å². The minimum absolute atomic E-state index is 0.0490. The van der Waals surface area contributed by atoms with Crippen molar-refractivity contribution in [2.45, 2.75) is 44.6 Å². The van der Waals surface area contributed by atoms with Crippen molar-refractivity contribution in [3.05, 3.63) is 140 Å². The van der Waals surface area contributed by atoms with E-state index >= 15 is 0 Å². The van der Waals surface area contributed by atoms with Crippen LogP contribution in [0.25, 0.3) is 0 Å². The van der Waals surface area contributed by atoms with Gasteiger partial charge in [-0.3, -0.25) is 4.79 Å². The Morgan fingerprint density at radius 3 is 1.72 bits per heavy atom. The van der Waals surface area contributed by atoms with Crippen LogP contribution in [0.4, 0.5) is 0 Å². The van der Waals surface area contributed by atoms with Gasteiger partial charge in [0.05, 0.1) is 5.92 Å². The second kappa shape index (κ2) is 12.3. The fourth-order valence-corrected chi connectivity index (χ4v) is 4.77. The van der Waals surface area contributed by atoms with Crippen LogP contribution in [0.1, 0.15) is 48.8 Å². The second-order valence-electron chi connectivity index (χ2n) is 9.23. The molecule has 0 fully saturated rings. The molecule has 1 amide bonds. The molecule has 3 aromatic carbocycles.